The fraction of sp³-hybridized carbons (Fsp3) is 0.320. The van der Waals surface area contributed by atoms with Crippen LogP contribution in [0.15, 0.2) is 48.5 Å². The number of H-pyrrole nitrogens is 1. The summed E-state index contributed by atoms with van der Waals surface area (Å²) in [6.45, 7) is 4.84. The summed E-state index contributed by atoms with van der Waals surface area (Å²) in [4.78, 5) is 0. The summed E-state index contributed by atoms with van der Waals surface area (Å²) in [5.74, 6) is 0.168. The molecule has 0 saturated carbocycles. The molecule has 2 atom stereocenters. The molecule has 2 unspecified atom stereocenters. The third-order valence-electron chi connectivity index (χ3n) is 5.49. The number of nitriles is 1. The molecule has 1 aromatic heterocycles. The van der Waals surface area contributed by atoms with Crippen LogP contribution in [0.4, 0.5) is 0 Å². The topological polar surface area (TPSA) is 104 Å². The molecule has 0 fully saturated rings. The molecular weight excluding hydrogens is 404 g/mol. The molecule has 0 aliphatic carbocycles. The minimum atomic E-state index is -0.799. The van der Waals surface area contributed by atoms with Crippen molar-refractivity contribution in [3.63, 3.8) is 0 Å². The van der Waals surface area contributed by atoms with Gasteiger partial charge in [-0.25, -0.2) is 0 Å². The van der Waals surface area contributed by atoms with E-state index >= 15 is 0 Å². The summed E-state index contributed by atoms with van der Waals surface area (Å²) in [6.07, 6.45) is 1.67. The average Bonchev–Trinajstić information content (AvgIpc) is 3.20. The first-order chi connectivity index (χ1) is 15.7. The van der Waals surface area contributed by atoms with Crippen LogP contribution in [0.1, 0.15) is 48.6 Å². The molecule has 0 amide bonds. The molecule has 2 N–H and O–H groups in total. The average molecular weight is 431 g/mol. The van der Waals surface area contributed by atoms with Gasteiger partial charge in [-0.2, -0.15) is 5.26 Å². The predicted molar refractivity (Wildman–Crippen MR) is 120 cm³/mol. The molecule has 0 bridgehead atoms. The van der Waals surface area contributed by atoms with Gasteiger partial charge in [-0.3, -0.25) is 10.5 Å². The molecule has 7 nitrogen and oxygen atoms in total. The number of fused-ring (bicyclic) bond motifs is 1. The van der Waals surface area contributed by atoms with Crippen molar-refractivity contribution >= 4 is 5.90 Å². The van der Waals surface area contributed by atoms with E-state index in [1.54, 1.807) is 0 Å². The van der Waals surface area contributed by atoms with Crippen LogP contribution in [-0.4, -0.2) is 22.7 Å². The van der Waals surface area contributed by atoms with Gasteiger partial charge in [-0.05, 0) is 25.0 Å². The molecule has 164 valence electrons. The first-order valence-electron chi connectivity index (χ1n) is 10.8. The maximum atomic E-state index is 9.98. The first-order valence-corrected chi connectivity index (χ1v) is 10.8. The lowest BCUT2D eigenvalue weighted by atomic mass is 9.78. The SMILES string of the molecule is CCCc1[nH]nc2c1C(c1cccc(OCC)c1OCc1ccccc1)C(C#N)C(=N)O2. The van der Waals surface area contributed by atoms with Gasteiger partial charge in [-0.15, -0.1) is 5.10 Å². The number of hydrogen-bond acceptors (Lipinski definition) is 6. The van der Waals surface area contributed by atoms with Gasteiger partial charge in [0.25, 0.3) is 0 Å². The molecule has 3 aromatic rings. The van der Waals surface area contributed by atoms with E-state index in [4.69, 9.17) is 19.6 Å². The molecule has 1 aliphatic rings. The van der Waals surface area contributed by atoms with Crippen molar-refractivity contribution in [2.75, 3.05) is 6.61 Å². The standard InChI is InChI=1S/C25H26N4O3/c1-3-9-19-22-21(18(14-26)24(27)32-25(22)29-28-19)17-12-8-13-20(30-4-2)23(17)31-15-16-10-6-5-7-11-16/h5-8,10-13,18,21,27H,3-4,9,15H2,1-2H3,(H,28,29). The second-order valence-electron chi connectivity index (χ2n) is 7.60. The number of aromatic nitrogens is 2. The largest absolute Gasteiger partial charge is 0.490 e. The molecular formula is C25H26N4O3. The fourth-order valence-corrected chi connectivity index (χ4v) is 4.09. The normalized spacial score (nSPS) is 17.2. The zero-order valence-corrected chi connectivity index (χ0v) is 18.2. The van der Waals surface area contributed by atoms with Crippen molar-refractivity contribution in [1.29, 1.82) is 10.7 Å². The molecule has 0 spiro atoms. The van der Waals surface area contributed by atoms with E-state index in [9.17, 15) is 5.26 Å². The van der Waals surface area contributed by atoms with Gasteiger partial charge in [0, 0.05) is 22.7 Å². The number of aryl methyl sites for hydroxylation is 1. The lowest BCUT2D eigenvalue weighted by Crippen LogP contribution is -2.31. The zero-order valence-electron chi connectivity index (χ0n) is 18.2. The monoisotopic (exact) mass is 430 g/mol. The Morgan fingerprint density at radius 1 is 1.12 bits per heavy atom. The summed E-state index contributed by atoms with van der Waals surface area (Å²) in [5.41, 5.74) is 3.53. The number of nitrogens with zero attached hydrogens (tertiary/aromatic N) is 2. The number of nitrogens with one attached hydrogen (secondary N) is 2. The molecule has 2 aromatic carbocycles. The van der Waals surface area contributed by atoms with Gasteiger partial charge in [0.1, 0.15) is 12.5 Å². The lowest BCUT2D eigenvalue weighted by Gasteiger charge is -2.30. The molecule has 4 rings (SSSR count). The molecule has 7 heteroatoms. The summed E-state index contributed by atoms with van der Waals surface area (Å²) >= 11 is 0. The van der Waals surface area contributed by atoms with Crippen molar-refractivity contribution in [1.82, 2.24) is 10.2 Å². The third kappa shape index (κ3) is 4.04. The minimum absolute atomic E-state index is 0.115. The number of benzene rings is 2. The van der Waals surface area contributed by atoms with Gasteiger partial charge < -0.3 is 14.2 Å². The van der Waals surface area contributed by atoms with Crippen molar-refractivity contribution in [2.24, 2.45) is 5.92 Å². The van der Waals surface area contributed by atoms with Crippen LogP contribution >= 0.6 is 0 Å². The van der Waals surface area contributed by atoms with Crippen molar-refractivity contribution < 1.29 is 14.2 Å². The van der Waals surface area contributed by atoms with Crippen molar-refractivity contribution in [3.8, 4) is 23.4 Å². The smallest absolute Gasteiger partial charge is 0.243 e. The maximum Gasteiger partial charge on any atom is 0.243 e. The number of hydrogen-bond donors (Lipinski definition) is 2. The van der Waals surface area contributed by atoms with Crippen molar-refractivity contribution in [3.05, 3.63) is 70.9 Å². The highest BCUT2D eigenvalue weighted by Gasteiger charge is 2.42. The minimum Gasteiger partial charge on any atom is -0.490 e. The quantitative estimate of drug-likeness (QED) is 0.524. The summed E-state index contributed by atoms with van der Waals surface area (Å²) < 4.78 is 17.8. The Hall–Kier alpha value is -3.79. The van der Waals surface area contributed by atoms with E-state index in [1.807, 2.05) is 55.5 Å². The fourth-order valence-electron chi connectivity index (χ4n) is 4.09. The highest BCUT2D eigenvalue weighted by Crippen LogP contribution is 2.48. The van der Waals surface area contributed by atoms with Crippen LogP contribution in [0.25, 0.3) is 0 Å². The first kappa shape index (κ1) is 21.4. The number of aromatic amines is 1. The van der Waals surface area contributed by atoms with Gasteiger partial charge in [-0.1, -0.05) is 55.8 Å². The Morgan fingerprint density at radius 2 is 1.94 bits per heavy atom. The van der Waals surface area contributed by atoms with E-state index in [1.165, 1.54) is 0 Å². The van der Waals surface area contributed by atoms with E-state index in [0.29, 0.717) is 30.6 Å². The second-order valence-corrected chi connectivity index (χ2v) is 7.60. The van der Waals surface area contributed by atoms with Crippen LogP contribution in [0, 0.1) is 22.7 Å². The molecule has 32 heavy (non-hydrogen) atoms. The van der Waals surface area contributed by atoms with Gasteiger partial charge >= 0.3 is 0 Å². The van der Waals surface area contributed by atoms with Gasteiger partial charge in [0.05, 0.1) is 12.7 Å². The van der Waals surface area contributed by atoms with Crippen LogP contribution < -0.4 is 14.2 Å². The van der Waals surface area contributed by atoms with Crippen LogP contribution in [-0.2, 0) is 13.0 Å². The Balaban J connectivity index is 1.84. The highest BCUT2D eigenvalue weighted by molar-refractivity contribution is 5.85. The van der Waals surface area contributed by atoms with E-state index in [2.05, 4.69) is 23.2 Å². The van der Waals surface area contributed by atoms with Gasteiger partial charge in [0.15, 0.2) is 11.5 Å². The Morgan fingerprint density at radius 3 is 2.66 bits per heavy atom. The molecule has 2 heterocycles. The van der Waals surface area contributed by atoms with Crippen molar-refractivity contribution in [2.45, 2.75) is 39.2 Å². The number of rotatable bonds is 8. The van der Waals surface area contributed by atoms with Crippen LogP contribution in [0.5, 0.6) is 17.4 Å². The summed E-state index contributed by atoms with van der Waals surface area (Å²) in [6, 6.07) is 17.8. The Bertz CT molecular complexity index is 1130. The summed E-state index contributed by atoms with van der Waals surface area (Å²) in [7, 11) is 0. The van der Waals surface area contributed by atoms with E-state index < -0.39 is 11.8 Å². The number of para-hydroxylation sites is 1. The Kier molecular flexibility index (Phi) is 6.41. The Labute approximate surface area is 187 Å². The highest BCUT2D eigenvalue weighted by atomic mass is 16.5. The predicted octanol–water partition coefficient (Wildman–Crippen LogP) is 4.98. The van der Waals surface area contributed by atoms with Crippen LogP contribution in [0.2, 0.25) is 0 Å². The van der Waals surface area contributed by atoms with E-state index in [-0.39, 0.29) is 5.90 Å². The second kappa shape index (κ2) is 9.56. The third-order valence-corrected chi connectivity index (χ3v) is 5.49. The molecule has 0 saturated heterocycles. The maximum absolute atomic E-state index is 9.98. The summed E-state index contributed by atoms with van der Waals surface area (Å²) in [5, 5.41) is 25.6. The van der Waals surface area contributed by atoms with E-state index in [0.717, 1.165) is 35.2 Å². The van der Waals surface area contributed by atoms with Crippen LogP contribution in [0.3, 0.4) is 0 Å². The molecule has 1 aliphatic heterocycles. The number of ether oxygens (including phenoxy) is 3. The lowest BCUT2D eigenvalue weighted by molar-refractivity contribution is 0.264. The van der Waals surface area contributed by atoms with Gasteiger partial charge in [0.2, 0.25) is 11.8 Å². The molecule has 0 radical (unpaired) electrons. The zero-order chi connectivity index (χ0) is 22.5.